The van der Waals surface area contributed by atoms with E-state index in [4.69, 9.17) is 5.73 Å². The first-order chi connectivity index (χ1) is 8.65. The minimum Gasteiger partial charge on any atom is -0.324 e. The van der Waals surface area contributed by atoms with Crippen molar-refractivity contribution in [1.82, 2.24) is 14.8 Å². The second-order valence-corrected chi connectivity index (χ2v) is 4.67. The maximum Gasteiger partial charge on any atom is 0.164 e. The summed E-state index contributed by atoms with van der Waals surface area (Å²) in [6.45, 7) is 7.67. The Hall–Kier alpha value is -1.68. The van der Waals surface area contributed by atoms with Crippen LogP contribution in [-0.4, -0.2) is 14.8 Å². The van der Waals surface area contributed by atoms with E-state index >= 15 is 0 Å². The summed E-state index contributed by atoms with van der Waals surface area (Å²) < 4.78 is 2.12. The smallest absolute Gasteiger partial charge is 0.164 e. The Labute approximate surface area is 108 Å². The molecule has 96 valence electrons. The number of nitrogens with zero attached hydrogens (tertiary/aromatic N) is 3. The number of nitrogens with two attached hydrogens (primary N) is 1. The van der Waals surface area contributed by atoms with Crippen molar-refractivity contribution in [2.75, 3.05) is 0 Å². The van der Waals surface area contributed by atoms with Crippen LogP contribution in [0.15, 0.2) is 18.2 Å². The maximum absolute atomic E-state index is 5.71. The summed E-state index contributed by atoms with van der Waals surface area (Å²) >= 11 is 0. The highest BCUT2D eigenvalue weighted by Gasteiger charge is 2.12. The molecule has 0 spiro atoms. The summed E-state index contributed by atoms with van der Waals surface area (Å²) in [6.07, 6.45) is 1.04. The van der Waals surface area contributed by atoms with Gasteiger partial charge in [0, 0.05) is 12.1 Å². The molecule has 4 heteroatoms. The quantitative estimate of drug-likeness (QED) is 0.898. The highest BCUT2D eigenvalue weighted by atomic mass is 15.3. The van der Waals surface area contributed by atoms with Crippen LogP contribution in [0.2, 0.25) is 0 Å². The molecule has 1 aromatic carbocycles. The molecule has 18 heavy (non-hydrogen) atoms. The lowest BCUT2D eigenvalue weighted by Gasteiger charge is -2.09. The van der Waals surface area contributed by atoms with Crippen molar-refractivity contribution in [3.05, 3.63) is 35.2 Å². The fraction of sp³-hybridized carbons (Fsp3) is 0.429. The Kier molecular flexibility index (Phi) is 3.77. The van der Waals surface area contributed by atoms with E-state index in [0.29, 0.717) is 6.54 Å². The van der Waals surface area contributed by atoms with Crippen LogP contribution in [0.4, 0.5) is 0 Å². The van der Waals surface area contributed by atoms with Gasteiger partial charge >= 0.3 is 0 Å². The van der Waals surface area contributed by atoms with Gasteiger partial charge in [0.15, 0.2) is 5.82 Å². The first kappa shape index (κ1) is 12.8. The number of aryl methyl sites for hydroxylation is 2. The van der Waals surface area contributed by atoms with Crippen LogP contribution < -0.4 is 5.73 Å². The largest absolute Gasteiger partial charge is 0.324 e. The highest BCUT2D eigenvalue weighted by molar-refractivity contribution is 5.58. The van der Waals surface area contributed by atoms with Crippen molar-refractivity contribution in [3.8, 4) is 11.4 Å². The summed E-state index contributed by atoms with van der Waals surface area (Å²) in [5.74, 6) is 1.77. The van der Waals surface area contributed by atoms with Crippen molar-refractivity contribution in [1.29, 1.82) is 0 Å². The second-order valence-electron chi connectivity index (χ2n) is 4.67. The fourth-order valence-electron chi connectivity index (χ4n) is 2.26. The molecule has 0 unspecified atom stereocenters. The van der Waals surface area contributed by atoms with E-state index in [1.807, 2.05) is 0 Å². The topological polar surface area (TPSA) is 56.7 Å². The lowest BCUT2D eigenvalue weighted by atomic mass is 10.1. The predicted molar refractivity (Wildman–Crippen MR) is 73.1 cm³/mol. The molecule has 0 atom stereocenters. The van der Waals surface area contributed by atoms with Gasteiger partial charge < -0.3 is 10.3 Å². The first-order valence-electron chi connectivity index (χ1n) is 6.36. The Balaban J connectivity index is 2.52. The van der Waals surface area contributed by atoms with E-state index in [2.05, 4.69) is 53.7 Å². The van der Waals surface area contributed by atoms with E-state index in [0.717, 1.165) is 30.2 Å². The molecule has 0 bridgehead atoms. The van der Waals surface area contributed by atoms with Gasteiger partial charge in [0.2, 0.25) is 0 Å². The Morgan fingerprint density at radius 3 is 2.33 bits per heavy atom. The van der Waals surface area contributed by atoms with Crippen LogP contribution in [0.3, 0.4) is 0 Å². The van der Waals surface area contributed by atoms with Gasteiger partial charge in [0.25, 0.3) is 0 Å². The molecule has 4 nitrogen and oxygen atoms in total. The Morgan fingerprint density at radius 2 is 1.78 bits per heavy atom. The molecule has 0 aliphatic heterocycles. The molecule has 0 saturated carbocycles. The molecular weight excluding hydrogens is 224 g/mol. The lowest BCUT2D eigenvalue weighted by Crippen LogP contribution is -2.09. The summed E-state index contributed by atoms with van der Waals surface area (Å²) in [5.41, 5.74) is 9.31. The Bertz CT molecular complexity index is 522. The van der Waals surface area contributed by atoms with Crippen molar-refractivity contribution < 1.29 is 0 Å². The third-order valence-corrected chi connectivity index (χ3v) is 2.94. The molecule has 0 aliphatic rings. The van der Waals surface area contributed by atoms with Gasteiger partial charge in [-0.05, 0) is 32.4 Å². The van der Waals surface area contributed by atoms with E-state index in [1.54, 1.807) is 0 Å². The van der Waals surface area contributed by atoms with Crippen LogP contribution in [0.5, 0.6) is 0 Å². The van der Waals surface area contributed by atoms with Crippen molar-refractivity contribution in [2.24, 2.45) is 5.73 Å². The molecule has 2 aromatic rings. The zero-order valence-electron chi connectivity index (χ0n) is 11.3. The van der Waals surface area contributed by atoms with E-state index in [-0.39, 0.29) is 0 Å². The molecule has 2 N–H and O–H groups in total. The van der Waals surface area contributed by atoms with E-state index in [1.165, 1.54) is 11.1 Å². The van der Waals surface area contributed by atoms with Crippen LogP contribution in [0.25, 0.3) is 11.4 Å². The minimum absolute atomic E-state index is 0.428. The summed E-state index contributed by atoms with van der Waals surface area (Å²) in [6, 6.07) is 6.45. The summed E-state index contributed by atoms with van der Waals surface area (Å²) in [5, 5.41) is 8.47. The molecule has 1 aromatic heterocycles. The third kappa shape index (κ3) is 2.43. The zero-order valence-corrected chi connectivity index (χ0v) is 11.3. The number of hydrogen-bond donors (Lipinski definition) is 1. The average molecular weight is 244 g/mol. The third-order valence-electron chi connectivity index (χ3n) is 2.94. The predicted octanol–water partition coefficient (Wildman–Crippen LogP) is 2.43. The minimum atomic E-state index is 0.428. The molecule has 1 heterocycles. The van der Waals surface area contributed by atoms with Crippen molar-refractivity contribution >= 4 is 0 Å². The zero-order chi connectivity index (χ0) is 13.1. The van der Waals surface area contributed by atoms with Crippen LogP contribution in [0, 0.1) is 13.8 Å². The van der Waals surface area contributed by atoms with Crippen LogP contribution in [-0.2, 0) is 13.1 Å². The van der Waals surface area contributed by atoms with Gasteiger partial charge in [0.1, 0.15) is 5.82 Å². The normalized spacial score (nSPS) is 10.9. The lowest BCUT2D eigenvalue weighted by molar-refractivity contribution is 0.644. The second kappa shape index (κ2) is 5.31. The van der Waals surface area contributed by atoms with Crippen molar-refractivity contribution in [2.45, 2.75) is 40.3 Å². The highest BCUT2D eigenvalue weighted by Crippen LogP contribution is 2.21. The molecule has 0 aliphatic carbocycles. The molecule has 0 fully saturated rings. The molecule has 0 radical (unpaired) electrons. The molecule has 0 saturated heterocycles. The van der Waals surface area contributed by atoms with Crippen LogP contribution in [0.1, 0.15) is 30.3 Å². The van der Waals surface area contributed by atoms with Gasteiger partial charge in [-0.2, -0.15) is 0 Å². The standard InChI is InChI=1S/C14H20N4/c1-4-5-18-13(9-15)16-17-14(18)12-7-10(2)6-11(3)8-12/h6-8H,4-5,9,15H2,1-3H3. The van der Waals surface area contributed by atoms with Crippen molar-refractivity contribution in [3.63, 3.8) is 0 Å². The monoisotopic (exact) mass is 244 g/mol. The number of rotatable bonds is 4. The average Bonchev–Trinajstić information content (AvgIpc) is 2.71. The molecule has 2 rings (SSSR count). The van der Waals surface area contributed by atoms with Gasteiger partial charge in [-0.15, -0.1) is 10.2 Å². The van der Waals surface area contributed by atoms with Gasteiger partial charge in [-0.3, -0.25) is 0 Å². The summed E-state index contributed by atoms with van der Waals surface area (Å²) in [7, 11) is 0. The van der Waals surface area contributed by atoms with Gasteiger partial charge in [-0.25, -0.2) is 0 Å². The van der Waals surface area contributed by atoms with Gasteiger partial charge in [0.05, 0.1) is 6.54 Å². The molecule has 0 amide bonds. The van der Waals surface area contributed by atoms with E-state index in [9.17, 15) is 0 Å². The maximum atomic E-state index is 5.71. The van der Waals surface area contributed by atoms with E-state index < -0.39 is 0 Å². The molecular formula is C14H20N4. The van der Waals surface area contributed by atoms with Crippen LogP contribution >= 0.6 is 0 Å². The SMILES string of the molecule is CCCn1c(CN)nnc1-c1cc(C)cc(C)c1. The number of hydrogen-bond acceptors (Lipinski definition) is 3. The first-order valence-corrected chi connectivity index (χ1v) is 6.36. The number of aromatic nitrogens is 3. The van der Waals surface area contributed by atoms with Gasteiger partial charge in [-0.1, -0.05) is 24.1 Å². The number of benzene rings is 1. The Morgan fingerprint density at radius 1 is 1.11 bits per heavy atom. The summed E-state index contributed by atoms with van der Waals surface area (Å²) in [4.78, 5) is 0. The fourth-order valence-corrected chi connectivity index (χ4v) is 2.26.